The van der Waals surface area contributed by atoms with Crippen molar-refractivity contribution in [3.05, 3.63) is 29.8 Å². The minimum absolute atomic E-state index is 0.349. The van der Waals surface area contributed by atoms with Crippen LogP contribution in [0.3, 0.4) is 0 Å². The smallest absolute Gasteiger partial charge is 0.115 e. The van der Waals surface area contributed by atoms with Crippen molar-refractivity contribution in [1.82, 2.24) is 4.90 Å². The molecular formula is C16H23NO2. The number of benzene rings is 1. The van der Waals surface area contributed by atoms with Gasteiger partial charge < -0.3 is 9.84 Å². The molecule has 1 aliphatic heterocycles. The molecule has 3 rings (SSSR count). The molecule has 2 aliphatic rings. The zero-order valence-corrected chi connectivity index (χ0v) is 11.6. The first-order valence-electron chi connectivity index (χ1n) is 7.42. The maximum Gasteiger partial charge on any atom is 0.115 e. The largest absolute Gasteiger partial charge is 0.508 e. The van der Waals surface area contributed by atoms with Gasteiger partial charge in [-0.05, 0) is 37.5 Å². The molecule has 104 valence electrons. The van der Waals surface area contributed by atoms with Crippen LogP contribution in [0.15, 0.2) is 24.3 Å². The van der Waals surface area contributed by atoms with Gasteiger partial charge in [0.15, 0.2) is 0 Å². The molecule has 0 spiro atoms. The predicted octanol–water partition coefficient (Wildman–Crippen LogP) is 3.10. The third-order valence-electron chi connectivity index (χ3n) is 4.63. The molecule has 2 fully saturated rings. The second-order valence-corrected chi connectivity index (χ2v) is 5.77. The van der Waals surface area contributed by atoms with E-state index in [-0.39, 0.29) is 0 Å². The van der Waals surface area contributed by atoms with E-state index in [1.807, 2.05) is 12.1 Å². The van der Waals surface area contributed by atoms with Gasteiger partial charge in [-0.3, -0.25) is 4.90 Å². The number of hydrogen-bond donors (Lipinski definition) is 1. The summed E-state index contributed by atoms with van der Waals surface area (Å²) in [6, 6.07) is 8.57. The van der Waals surface area contributed by atoms with E-state index >= 15 is 0 Å². The van der Waals surface area contributed by atoms with Crippen LogP contribution in [0.25, 0.3) is 0 Å². The van der Waals surface area contributed by atoms with Gasteiger partial charge in [-0.15, -0.1) is 0 Å². The molecule has 3 atom stereocenters. The van der Waals surface area contributed by atoms with Crippen molar-refractivity contribution in [3.8, 4) is 5.75 Å². The fourth-order valence-corrected chi connectivity index (χ4v) is 3.58. The number of aromatic hydroxyl groups is 1. The van der Waals surface area contributed by atoms with Crippen molar-refractivity contribution in [3.63, 3.8) is 0 Å². The number of morpholine rings is 1. The first-order chi connectivity index (χ1) is 9.25. The highest BCUT2D eigenvalue weighted by atomic mass is 16.5. The number of hydrogen-bond acceptors (Lipinski definition) is 3. The second-order valence-electron chi connectivity index (χ2n) is 5.77. The molecule has 1 aromatic rings. The van der Waals surface area contributed by atoms with Crippen molar-refractivity contribution in [2.45, 2.75) is 50.8 Å². The standard InChI is InChI=1S/C16H23NO2/c1-12(13-5-4-6-14(18)11-13)17-9-10-19-16-8-3-2-7-15(16)17/h4-6,11-12,15-16,18H,2-3,7-10H2,1H3. The number of rotatable bonds is 2. The minimum Gasteiger partial charge on any atom is -0.508 e. The van der Waals surface area contributed by atoms with Gasteiger partial charge in [-0.1, -0.05) is 25.0 Å². The second kappa shape index (κ2) is 5.51. The highest BCUT2D eigenvalue weighted by Gasteiger charge is 2.36. The molecular weight excluding hydrogens is 238 g/mol. The Balaban J connectivity index is 1.79. The summed E-state index contributed by atoms with van der Waals surface area (Å²) in [7, 11) is 0. The molecule has 1 N–H and O–H groups in total. The molecule has 1 saturated heterocycles. The van der Waals surface area contributed by atoms with E-state index in [0.717, 1.165) is 13.2 Å². The lowest BCUT2D eigenvalue weighted by Gasteiger charge is -2.46. The van der Waals surface area contributed by atoms with Crippen LogP contribution in [0.5, 0.6) is 5.75 Å². The van der Waals surface area contributed by atoms with E-state index in [4.69, 9.17) is 4.74 Å². The molecule has 0 radical (unpaired) electrons. The molecule has 0 aromatic heterocycles. The summed E-state index contributed by atoms with van der Waals surface area (Å²) in [5, 5.41) is 9.65. The molecule has 3 unspecified atom stereocenters. The van der Waals surface area contributed by atoms with E-state index in [1.54, 1.807) is 6.07 Å². The molecule has 3 nitrogen and oxygen atoms in total. The zero-order chi connectivity index (χ0) is 13.2. The van der Waals surface area contributed by atoms with Gasteiger partial charge in [0, 0.05) is 18.6 Å². The summed E-state index contributed by atoms with van der Waals surface area (Å²) < 4.78 is 5.93. The fraction of sp³-hybridized carbons (Fsp3) is 0.625. The molecule has 1 aliphatic carbocycles. The normalized spacial score (nSPS) is 29.7. The SMILES string of the molecule is CC(c1cccc(O)c1)N1CCOC2CCCCC21. The van der Waals surface area contributed by atoms with E-state index in [1.165, 1.54) is 31.2 Å². The van der Waals surface area contributed by atoms with Gasteiger partial charge in [0.2, 0.25) is 0 Å². The van der Waals surface area contributed by atoms with Gasteiger partial charge >= 0.3 is 0 Å². The molecule has 19 heavy (non-hydrogen) atoms. The van der Waals surface area contributed by atoms with Gasteiger partial charge in [0.05, 0.1) is 12.7 Å². The lowest BCUT2D eigenvalue weighted by atomic mass is 9.88. The summed E-state index contributed by atoms with van der Waals surface area (Å²) in [6.07, 6.45) is 5.48. The number of phenolic OH excluding ortho intramolecular Hbond substituents is 1. The third kappa shape index (κ3) is 2.63. The number of fused-ring (bicyclic) bond motifs is 1. The zero-order valence-electron chi connectivity index (χ0n) is 11.6. The van der Waals surface area contributed by atoms with E-state index in [9.17, 15) is 5.11 Å². The number of nitrogens with zero attached hydrogens (tertiary/aromatic N) is 1. The summed E-state index contributed by atoms with van der Waals surface area (Å²) >= 11 is 0. The molecule has 3 heteroatoms. The van der Waals surface area contributed by atoms with Crippen molar-refractivity contribution in [1.29, 1.82) is 0 Å². The topological polar surface area (TPSA) is 32.7 Å². The Morgan fingerprint density at radius 3 is 3.00 bits per heavy atom. The van der Waals surface area contributed by atoms with E-state index in [2.05, 4.69) is 17.9 Å². The Hall–Kier alpha value is -1.06. The molecule has 1 aromatic carbocycles. The summed E-state index contributed by atoms with van der Waals surface area (Å²) in [4.78, 5) is 2.57. The van der Waals surface area contributed by atoms with Crippen LogP contribution < -0.4 is 0 Å². The van der Waals surface area contributed by atoms with Crippen LogP contribution in [0.2, 0.25) is 0 Å². The van der Waals surface area contributed by atoms with Crippen molar-refractivity contribution in [2.75, 3.05) is 13.2 Å². The van der Waals surface area contributed by atoms with Crippen LogP contribution in [-0.4, -0.2) is 35.3 Å². The Morgan fingerprint density at radius 2 is 2.16 bits per heavy atom. The number of ether oxygens (including phenoxy) is 1. The van der Waals surface area contributed by atoms with Crippen LogP contribution >= 0.6 is 0 Å². The van der Waals surface area contributed by atoms with Crippen molar-refractivity contribution >= 4 is 0 Å². The maximum atomic E-state index is 9.65. The first-order valence-corrected chi connectivity index (χ1v) is 7.42. The molecule has 1 saturated carbocycles. The molecule has 0 amide bonds. The quantitative estimate of drug-likeness (QED) is 0.888. The van der Waals surface area contributed by atoms with E-state index in [0.29, 0.717) is 23.9 Å². The number of phenols is 1. The first kappa shape index (κ1) is 12.9. The fourth-order valence-electron chi connectivity index (χ4n) is 3.58. The molecule has 1 heterocycles. The van der Waals surface area contributed by atoms with Gasteiger partial charge in [0.25, 0.3) is 0 Å². The van der Waals surface area contributed by atoms with Crippen LogP contribution in [0.1, 0.15) is 44.2 Å². The lowest BCUT2D eigenvalue weighted by Crippen LogP contribution is -2.53. The van der Waals surface area contributed by atoms with E-state index < -0.39 is 0 Å². The van der Waals surface area contributed by atoms with Crippen LogP contribution in [0.4, 0.5) is 0 Å². The highest BCUT2D eigenvalue weighted by Crippen LogP contribution is 2.34. The maximum absolute atomic E-state index is 9.65. The monoisotopic (exact) mass is 261 g/mol. The highest BCUT2D eigenvalue weighted by molar-refractivity contribution is 5.29. The Morgan fingerprint density at radius 1 is 1.32 bits per heavy atom. The van der Waals surface area contributed by atoms with Crippen molar-refractivity contribution < 1.29 is 9.84 Å². The van der Waals surface area contributed by atoms with Gasteiger partial charge in [-0.25, -0.2) is 0 Å². The summed E-state index contributed by atoms with van der Waals surface area (Å²) in [5.74, 6) is 0.359. The average Bonchev–Trinajstić information content (AvgIpc) is 2.46. The Bertz CT molecular complexity index is 433. The lowest BCUT2D eigenvalue weighted by molar-refractivity contribution is -0.101. The summed E-state index contributed by atoms with van der Waals surface area (Å²) in [6.45, 7) is 4.08. The molecule has 0 bridgehead atoms. The van der Waals surface area contributed by atoms with Crippen molar-refractivity contribution in [2.24, 2.45) is 0 Å². The average molecular weight is 261 g/mol. The van der Waals surface area contributed by atoms with Crippen LogP contribution in [-0.2, 0) is 4.74 Å². The summed E-state index contributed by atoms with van der Waals surface area (Å²) in [5.41, 5.74) is 1.20. The minimum atomic E-state index is 0.349. The van der Waals surface area contributed by atoms with Gasteiger partial charge in [0.1, 0.15) is 5.75 Å². The Kier molecular flexibility index (Phi) is 3.76. The van der Waals surface area contributed by atoms with Crippen LogP contribution in [0, 0.1) is 0 Å². The predicted molar refractivity (Wildman–Crippen MR) is 75.2 cm³/mol. The van der Waals surface area contributed by atoms with Gasteiger partial charge in [-0.2, -0.15) is 0 Å². The Labute approximate surface area is 115 Å². The third-order valence-corrected chi connectivity index (χ3v) is 4.63.